The van der Waals surface area contributed by atoms with Crippen molar-refractivity contribution in [1.82, 2.24) is 0 Å². The summed E-state index contributed by atoms with van der Waals surface area (Å²) in [6, 6.07) is 13.6. The van der Waals surface area contributed by atoms with E-state index in [1.54, 1.807) is 5.30 Å². The van der Waals surface area contributed by atoms with Crippen LogP contribution in [-0.4, -0.2) is 19.0 Å². The molecule has 0 aliphatic heterocycles. The second kappa shape index (κ2) is 9.61. The summed E-state index contributed by atoms with van der Waals surface area (Å²) in [5.74, 6) is 1.46. The van der Waals surface area contributed by atoms with Crippen LogP contribution < -0.4 is 14.7 Å². The van der Waals surface area contributed by atoms with Gasteiger partial charge in [-0.2, -0.15) is 6.07 Å². The Balaban J connectivity index is 0.00000104. The van der Waals surface area contributed by atoms with Gasteiger partial charge in [0.05, 0.1) is 0 Å². The van der Waals surface area contributed by atoms with Gasteiger partial charge in [0.15, 0.2) is 0 Å². The number of rotatable bonds is 3. The van der Waals surface area contributed by atoms with Crippen LogP contribution in [0.15, 0.2) is 60.7 Å². The van der Waals surface area contributed by atoms with Crippen LogP contribution in [0.4, 0.5) is 0 Å². The van der Waals surface area contributed by atoms with E-state index in [9.17, 15) is 0 Å². The van der Waals surface area contributed by atoms with Crippen LogP contribution in [0.25, 0.3) is 10.8 Å². The summed E-state index contributed by atoms with van der Waals surface area (Å²) < 4.78 is 0. The Labute approximate surface area is 166 Å². The Morgan fingerprint density at radius 3 is 2.48 bits per heavy atom. The van der Waals surface area contributed by atoms with Gasteiger partial charge in [0.1, 0.15) is 0 Å². The maximum absolute atomic E-state index is 2.65. The van der Waals surface area contributed by atoms with Crippen molar-refractivity contribution in [2.24, 2.45) is 11.8 Å². The van der Waals surface area contributed by atoms with Gasteiger partial charge in [-0.1, -0.05) is 38.3 Å². The van der Waals surface area contributed by atoms with E-state index in [1.807, 2.05) is 0 Å². The largest absolute Gasteiger partial charge is 4.00 e. The quantitative estimate of drug-likeness (QED) is 0.369. The van der Waals surface area contributed by atoms with Gasteiger partial charge in [-0.3, -0.25) is 0 Å². The molecule has 5 heteroatoms. The third-order valence-electron chi connectivity index (χ3n) is 5.18. The third-order valence-corrected chi connectivity index (χ3v) is 12.9. The Hall–Kier alpha value is -0.256. The molecule has 4 rings (SSSR count). The molecular weight excluding hydrogens is 388 g/mol. The molecule has 5 unspecified atom stereocenters. The van der Waals surface area contributed by atoms with Crippen LogP contribution >= 0.6 is 15.2 Å². The van der Waals surface area contributed by atoms with Gasteiger partial charge < -0.3 is 15.8 Å². The monoisotopic (exact) mass is 410 g/mol. The smallest absolute Gasteiger partial charge is 1.00 e. The molecule has 2 aliphatic carbocycles. The molecule has 130 valence electrons. The Morgan fingerprint density at radius 1 is 1.04 bits per heavy atom. The SMILES string of the molecule is CP(c1cc2ccccc2[cH-]1)P(C)C1[CH-]C2C=CC=CC2C1.[F-].[F-].[Ti+4]. The van der Waals surface area contributed by atoms with Gasteiger partial charge in [-0.25, -0.2) is 0 Å². The van der Waals surface area contributed by atoms with E-state index in [4.69, 9.17) is 0 Å². The van der Waals surface area contributed by atoms with Crippen molar-refractivity contribution in [3.63, 3.8) is 0 Å². The second-order valence-corrected chi connectivity index (χ2v) is 13.5. The van der Waals surface area contributed by atoms with Crippen LogP contribution in [0.3, 0.4) is 0 Å². The van der Waals surface area contributed by atoms with Crippen molar-refractivity contribution in [3.8, 4) is 0 Å². The molecule has 0 bridgehead atoms. The van der Waals surface area contributed by atoms with Crippen molar-refractivity contribution >= 4 is 31.3 Å². The number of hydrogen-bond acceptors (Lipinski definition) is 0. The van der Waals surface area contributed by atoms with E-state index in [2.05, 4.69) is 80.5 Å². The van der Waals surface area contributed by atoms with Gasteiger partial charge in [-0.15, -0.1) is 65.6 Å². The van der Waals surface area contributed by atoms with Crippen molar-refractivity contribution in [1.29, 1.82) is 0 Å². The summed E-state index contributed by atoms with van der Waals surface area (Å²) in [6.07, 6.45) is 13.3. The molecule has 2 aliphatic rings. The summed E-state index contributed by atoms with van der Waals surface area (Å²) in [4.78, 5) is 0. The molecule has 0 heterocycles. The van der Waals surface area contributed by atoms with E-state index >= 15 is 0 Å². The average molecular weight is 410 g/mol. The number of hydrogen-bond donors (Lipinski definition) is 0. The number of fused-ring (bicyclic) bond motifs is 2. The molecular formula is C20H22F2P2Ti. The minimum absolute atomic E-state index is 0. The first-order valence-electron chi connectivity index (χ1n) is 8.04. The maximum atomic E-state index is 2.65. The van der Waals surface area contributed by atoms with Crippen LogP contribution in [0.1, 0.15) is 6.42 Å². The Kier molecular flexibility index (Phi) is 8.76. The van der Waals surface area contributed by atoms with E-state index < -0.39 is 0 Å². The van der Waals surface area contributed by atoms with E-state index in [0.717, 1.165) is 11.6 Å². The molecule has 0 amide bonds. The van der Waals surface area contributed by atoms with E-state index in [-0.39, 0.29) is 46.3 Å². The molecule has 0 spiro atoms. The minimum Gasteiger partial charge on any atom is -1.00 e. The fourth-order valence-corrected chi connectivity index (χ4v) is 9.47. The predicted octanol–water partition coefficient (Wildman–Crippen LogP) is -0.337. The molecule has 0 aromatic heterocycles. The molecule has 0 saturated heterocycles. The molecule has 25 heavy (non-hydrogen) atoms. The minimum atomic E-state index is -0.0371. The first-order valence-corrected chi connectivity index (χ1v) is 12.4. The summed E-state index contributed by atoms with van der Waals surface area (Å²) >= 11 is 0. The van der Waals surface area contributed by atoms with E-state index in [1.165, 1.54) is 17.2 Å². The second-order valence-electron chi connectivity index (χ2n) is 6.45. The van der Waals surface area contributed by atoms with Gasteiger partial charge in [0, 0.05) is 0 Å². The average Bonchev–Trinajstić information content (AvgIpc) is 3.16. The summed E-state index contributed by atoms with van der Waals surface area (Å²) in [7, 11) is 0.0115. The zero-order valence-corrected chi connectivity index (χ0v) is 17.8. The zero-order valence-electron chi connectivity index (χ0n) is 14.4. The standard InChI is InChI=1S/C20H22P2.2FH.Ti/c1-21(19-11-15-7-3-4-8-16(15)12-19)22(2)20-13-17-9-5-6-10-18(17)14-20;;;/h3-13,17-18,20H,14H2,1-2H3;2*1H;/q-2;;;+4/p-2. The number of benzene rings is 1. The fraction of sp³-hybridized carbons (Fsp3) is 0.300. The van der Waals surface area contributed by atoms with Crippen molar-refractivity contribution in [2.75, 3.05) is 13.3 Å². The van der Waals surface area contributed by atoms with Crippen LogP contribution in [-0.2, 0) is 21.7 Å². The van der Waals surface area contributed by atoms with Gasteiger partial charge in [0.2, 0.25) is 0 Å². The maximum Gasteiger partial charge on any atom is 4.00 e. The van der Waals surface area contributed by atoms with Crippen LogP contribution in [0, 0.1) is 18.3 Å². The molecule has 5 atom stereocenters. The van der Waals surface area contributed by atoms with Gasteiger partial charge in [-0.05, 0) is 19.2 Å². The third kappa shape index (κ3) is 4.54. The normalized spacial score (nSPS) is 26.1. The van der Waals surface area contributed by atoms with Crippen molar-refractivity contribution in [2.45, 2.75) is 12.1 Å². The summed E-state index contributed by atoms with van der Waals surface area (Å²) in [5, 5.41) is 4.41. The number of allylic oxidation sites excluding steroid dienone is 4. The molecule has 1 saturated carbocycles. The van der Waals surface area contributed by atoms with Crippen molar-refractivity contribution in [3.05, 3.63) is 67.1 Å². The summed E-state index contributed by atoms with van der Waals surface area (Å²) in [5.41, 5.74) is 0.825. The zero-order chi connectivity index (χ0) is 15.1. The predicted molar refractivity (Wildman–Crippen MR) is 103 cm³/mol. The topological polar surface area (TPSA) is 0 Å². The van der Waals surface area contributed by atoms with Gasteiger partial charge >= 0.3 is 21.7 Å². The molecule has 0 N–H and O–H groups in total. The first-order chi connectivity index (χ1) is 10.7. The van der Waals surface area contributed by atoms with Crippen LogP contribution in [0.2, 0.25) is 0 Å². The van der Waals surface area contributed by atoms with Crippen LogP contribution in [0.5, 0.6) is 0 Å². The van der Waals surface area contributed by atoms with Gasteiger partial charge in [0.25, 0.3) is 0 Å². The van der Waals surface area contributed by atoms with Crippen molar-refractivity contribution < 1.29 is 31.1 Å². The number of halogens is 2. The molecule has 1 fully saturated rings. The fourth-order valence-electron chi connectivity index (χ4n) is 3.73. The Morgan fingerprint density at radius 2 is 1.76 bits per heavy atom. The molecule has 2 aromatic carbocycles. The van der Waals surface area contributed by atoms with E-state index in [0.29, 0.717) is 5.92 Å². The molecule has 0 radical (unpaired) electrons. The Bertz CT molecular complexity index is 687. The molecule has 2 aromatic rings. The summed E-state index contributed by atoms with van der Waals surface area (Å²) in [6.45, 7) is 5.03. The first kappa shape index (κ1) is 22.8. The molecule has 0 nitrogen and oxygen atoms in total.